The van der Waals surface area contributed by atoms with Crippen LogP contribution in [-0.4, -0.2) is 49.0 Å². The average Bonchev–Trinajstić information content (AvgIpc) is 3.36. The molecular formula is C27H33N3O4S. The van der Waals surface area contributed by atoms with Crippen LogP contribution in [0, 0.1) is 5.92 Å². The van der Waals surface area contributed by atoms with Gasteiger partial charge in [-0.1, -0.05) is 50.2 Å². The van der Waals surface area contributed by atoms with Crippen molar-refractivity contribution in [2.24, 2.45) is 5.92 Å². The van der Waals surface area contributed by atoms with Crippen molar-refractivity contribution in [1.82, 2.24) is 9.80 Å². The van der Waals surface area contributed by atoms with Crippen LogP contribution < -0.4 is 14.8 Å². The number of urea groups is 1. The molecule has 3 aromatic rings. The fourth-order valence-corrected chi connectivity index (χ4v) is 4.35. The summed E-state index contributed by atoms with van der Waals surface area (Å²) >= 11 is 1.61. The predicted molar refractivity (Wildman–Crippen MR) is 140 cm³/mol. The summed E-state index contributed by atoms with van der Waals surface area (Å²) in [4.78, 5) is 31.2. The molecular weight excluding hydrogens is 462 g/mol. The molecule has 1 heterocycles. The van der Waals surface area contributed by atoms with Gasteiger partial charge in [0, 0.05) is 41.9 Å². The van der Waals surface area contributed by atoms with Crippen LogP contribution in [0.2, 0.25) is 0 Å². The highest BCUT2D eigenvalue weighted by molar-refractivity contribution is 7.09. The fourth-order valence-electron chi connectivity index (χ4n) is 3.63. The zero-order chi connectivity index (χ0) is 25.2. The van der Waals surface area contributed by atoms with Crippen LogP contribution in [0.4, 0.5) is 10.5 Å². The minimum absolute atomic E-state index is 0.0245. The number of carbonyl (C=O) groups is 2. The lowest BCUT2D eigenvalue weighted by atomic mass is 10.2. The van der Waals surface area contributed by atoms with Gasteiger partial charge in [0.1, 0.15) is 18.0 Å². The highest BCUT2D eigenvalue weighted by Gasteiger charge is 2.23. The standard InChI is InChI=1S/C27H33N3O4S/c1-20(2)16-30(27(32)28-22-13-23(33-3)15-24(14-22)34-4)19-26(31)29(18-25-11-8-12-35-25)17-21-9-6-5-7-10-21/h5-15,20H,16-19H2,1-4H3,(H,28,32). The Morgan fingerprint density at radius 1 is 0.914 bits per heavy atom. The second-order valence-electron chi connectivity index (χ2n) is 8.62. The fraction of sp³-hybridized carbons (Fsp3) is 0.333. The third kappa shape index (κ3) is 8.03. The largest absolute Gasteiger partial charge is 0.497 e. The topological polar surface area (TPSA) is 71.1 Å². The summed E-state index contributed by atoms with van der Waals surface area (Å²) in [5, 5.41) is 4.90. The molecule has 0 bridgehead atoms. The van der Waals surface area contributed by atoms with Gasteiger partial charge in [-0.2, -0.15) is 0 Å². The number of anilines is 1. The summed E-state index contributed by atoms with van der Waals surface area (Å²) in [6.45, 7) is 5.43. The van der Waals surface area contributed by atoms with E-state index in [0.29, 0.717) is 36.8 Å². The molecule has 0 saturated heterocycles. The Morgan fingerprint density at radius 2 is 1.60 bits per heavy atom. The van der Waals surface area contributed by atoms with Crippen molar-refractivity contribution in [3.8, 4) is 11.5 Å². The zero-order valence-electron chi connectivity index (χ0n) is 20.7. The first-order chi connectivity index (χ1) is 16.9. The monoisotopic (exact) mass is 495 g/mol. The van der Waals surface area contributed by atoms with Gasteiger partial charge in [0.05, 0.1) is 20.8 Å². The summed E-state index contributed by atoms with van der Waals surface area (Å²) < 4.78 is 10.6. The molecule has 0 fully saturated rings. The number of hydrogen-bond donors (Lipinski definition) is 1. The van der Waals surface area contributed by atoms with E-state index in [2.05, 4.69) is 5.32 Å². The van der Waals surface area contributed by atoms with Crippen LogP contribution in [-0.2, 0) is 17.9 Å². The molecule has 0 aliphatic heterocycles. The maximum atomic E-state index is 13.5. The third-order valence-electron chi connectivity index (χ3n) is 5.30. The SMILES string of the molecule is COc1cc(NC(=O)N(CC(=O)N(Cc2ccccc2)Cc2cccs2)CC(C)C)cc(OC)c1. The maximum absolute atomic E-state index is 13.5. The van der Waals surface area contributed by atoms with E-state index in [1.54, 1.807) is 53.6 Å². The maximum Gasteiger partial charge on any atom is 0.322 e. The second kappa shape index (κ2) is 12.8. The number of methoxy groups -OCH3 is 2. The van der Waals surface area contributed by atoms with Gasteiger partial charge in [-0.25, -0.2) is 4.79 Å². The molecule has 1 aromatic heterocycles. The van der Waals surface area contributed by atoms with Crippen molar-refractivity contribution in [2.75, 3.05) is 32.6 Å². The smallest absolute Gasteiger partial charge is 0.322 e. The Morgan fingerprint density at radius 3 is 2.17 bits per heavy atom. The van der Waals surface area contributed by atoms with Gasteiger partial charge in [-0.15, -0.1) is 11.3 Å². The summed E-state index contributed by atoms with van der Waals surface area (Å²) in [5.41, 5.74) is 1.58. The van der Waals surface area contributed by atoms with Crippen LogP contribution in [0.1, 0.15) is 24.3 Å². The van der Waals surface area contributed by atoms with Crippen LogP contribution in [0.25, 0.3) is 0 Å². The first-order valence-corrected chi connectivity index (χ1v) is 12.4. The summed E-state index contributed by atoms with van der Waals surface area (Å²) in [5.74, 6) is 1.21. The Kier molecular flexibility index (Phi) is 9.55. The lowest BCUT2D eigenvalue weighted by Crippen LogP contribution is -2.45. The summed E-state index contributed by atoms with van der Waals surface area (Å²) in [7, 11) is 3.11. The number of amides is 3. The van der Waals surface area contributed by atoms with Gasteiger partial charge in [-0.3, -0.25) is 4.79 Å². The summed E-state index contributed by atoms with van der Waals surface area (Å²) in [6.07, 6.45) is 0. The second-order valence-corrected chi connectivity index (χ2v) is 9.65. The van der Waals surface area contributed by atoms with Gasteiger partial charge >= 0.3 is 6.03 Å². The lowest BCUT2D eigenvalue weighted by molar-refractivity contribution is -0.133. The molecule has 0 aliphatic carbocycles. The molecule has 0 aliphatic rings. The number of benzene rings is 2. The molecule has 7 nitrogen and oxygen atoms in total. The van der Waals surface area contributed by atoms with Crippen molar-refractivity contribution in [2.45, 2.75) is 26.9 Å². The van der Waals surface area contributed by atoms with Gasteiger partial charge in [0.2, 0.25) is 5.91 Å². The number of nitrogens with one attached hydrogen (secondary N) is 1. The zero-order valence-corrected chi connectivity index (χ0v) is 21.5. The first-order valence-electron chi connectivity index (χ1n) is 11.5. The Balaban J connectivity index is 1.77. The summed E-state index contributed by atoms with van der Waals surface area (Å²) in [6, 6.07) is 18.7. The van der Waals surface area contributed by atoms with Crippen molar-refractivity contribution in [1.29, 1.82) is 0 Å². The van der Waals surface area contributed by atoms with E-state index in [1.165, 1.54) is 0 Å². The van der Waals surface area contributed by atoms with Gasteiger partial charge in [0.15, 0.2) is 0 Å². The Bertz CT molecular complexity index is 1060. The van der Waals surface area contributed by atoms with Gasteiger partial charge in [0.25, 0.3) is 0 Å². The van der Waals surface area contributed by atoms with Crippen LogP contribution in [0.5, 0.6) is 11.5 Å². The molecule has 0 spiro atoms. The Hall–Kier alpha value is -3.52. The minimum atomic E-state index is -0.349. The molecule has 35 heavy (non-hydrogen) atoms. The molecule has 0 radical (unpaired) electrons. The highest BCUT2D eigenvalue weighted by atomic mass is 32.1. The van der Waals surface area contributed by atoms with Crippen LogP contribution in [0.3, 0.4) is 0 Å². The van der Waals surface area contributed by atoms with Crippen molar-refractivity contribution < 1.29 is 19.1 Å². The third-order valence-corrected chi connectivity index (χ3v) is 6.16. The van der Waals surface area contributed by atoms with E-state index < -0.39 is 0 Å². The molecule has 8 heteroatoms. The number of hydrogen-bond acceptors (Lipinski definition) is 5. The molecule has 3 amide bonds. The minimum Gasteiger partial charge on any atom is -0.497 e. The quantitative estimate of drug-likeness (QED) is 0.382. The predicted octanol–water partition coefficient (Wildman–Crippen LogP) is 5.48. The van der Waals surface area contributed by atoms with Crippen LogP contribution >= 0.6 is 11.3 Å². The van der Waals surface area contributed by atoms with Gasteiger partial charge < -0.3 is 24.6 Å². The first kappa shape index (κ1) is 26.1. The van der Waals surface area contributed by atoms with Crippen LogP contribution in [0.15, 0.2) is 66.0 Å². The number of thiophene rings is 1. The van der Waals surface area contributed by atoms with Crippen molar-refractivity contribution >= 4 is 29.0 Å². The molecule has 0 saturated carbocycles. The number of carbonyl (C=O) groups excluding carboxylic acids is 2. The van der Waals surface area contributed by atoms with E-state index in [4.69, 9.17) is 9.47 Å². The normalized spacial score (nSPS) is 10.7. The van der Waals surface area contributed by atoms with E-state index in [-0.39, 0.29) is 24.4 Å². The number of rotatable bonds is 11. The number of ether oxygens (including phenoxy) is 2. The molecule has 1 N–H and O–H groups in total. The lowest BCUT2D eigenvalue weighted by Gasteiger charge is -2.29. The van der Waals surface area contributed by atoms with Crippen molar-refractivity contribution in [3.63, 3.8) is 0 Å². The molecule has 0 atom stereocenters. The van der Waals surface area contributed by atoms with E-state index >= 15 is 0 Å². The Labute approximate surface area is 211 Å². The highest BCUT2D eigenvalue weighted by Crippen LogP contribution is 2.26. The molecule has 186 valence electrons. The van der Waals surface area contributed by atoms with Gasteiger partial charge in [-0.05, 0) is 22.9 Å². The van der Waals surface area contributed by atoms with E-state index in [1.807, 2.05) is 61.7 Å². The van der Waals surface area contributed by atoms with Crippen molar-refractivity contribution in [3.05, 3.63) is 76.5 Å². The molecule has 3 rings (SSSR count). The molecule has 0 unspecified atom stereocenters. The number of nitrogens with zero attached hydrogens (tertiary/aromatic N) is 2. The molecule has 2 aromatic carbocycles. The van der Waals surface area contributed by atoms with E-state index in [0.717, 1.165) is 10.4 Å². The average molecular weight is 496 g/mol. The van der Waals surface area contributed by atoms with E-state index in [9.17, 15) is 9.59 Å².